The minimum absolute atomic E-state index is 0.804. The Hall–Kier alpha value is -0.0400. The lowest BCUT2D eigenvalue weighted by atomic mass is 10.2. The fraction of sp³-hybridized carbons (Fsp3) is 1.00. The first kappa shape index (κ1) is 8.06. The molecule has 0 saturated heterocycles. The predicted molar refractivity (Wildman–Crippen MR) is 45.0 cm³/mol. The van der Waals surface area contributed by atoms with Crippen LogP contribution in [0.2, 0.25) is 0 Å². The van der Waals surface area contributed by atoms with E-state index in [1.54, 1.807) is 0 Å². The maximum Gasteiger partial charge on any atom is 0.00991 e. The standard InChI is InChI=1S/C9H19N/c1-4-8-5-9(8)10-6-7(2)3/h7-10H,4-6H2,1-3H3/t8?,9-/m0/s1. The van der Waals surface area contributed by atoms with Crippen LogP contribution >= 0.6 is 0 Å². The third-order valence-electron chi connectivity index (χ3n) is 2.24. The van der Waals surface area contributed by atoms with Crippen molar-refractivity contribution in [3.8, 4) is 0 Å². The van der Waals surface area contributed by atoms with Crippen molar-refractivity contribution in [2.45, 2.75) is 39.7 Å². The average molecular weight is 141 g/mol. The fourth-order valence-electron chi connectivity index (χ4n) is 1.34. The van der Waals surface area contributed by atoms with E-state index >= 15 is 0 Å². The molecule has 0 spiro atoms. The van der Waals surface area contributed by atoms with Crippen LogP contribution in [0.4, 0.5) is 0 Å². The molecule has 1 nitrogen and oxygen atoms in total. The first-order chi connectivity index (χ1) is 4.74. The molecule has 10 heavy (non-hydrogen) atoms. The van der Waals surface area contributed by atoms with Gasteiger partial charge in [-0.25, -0.2) is 0 Å². The van der Waals surface area contributed by atoms with E-state index in [0.29, 0.717) is 0 Å². The van der Waals surface area contributed by atoms with E-state index in [2.05, 4.69) is 26.1 Å². The lowest BCUT2D eigenvalue weighted by Gasteiger charge is -2.05. The summed E-state index contributed by atoms with van der Waals surface area (Å²) in [4.78, 5) is 0. The molecule has 1 heteroatoms. The topological polar surface area (TPSA) is 12.0 Å². The van der Waals surface area contributed by atoms with Crippen LogP contribution in [0, 0.1) is 11.8 Å². The Bertz CT molecular complexity index is 98.9. The van der Waals surface area contributed by atoms with Crippen molar-refractivity contribution in [3.05, 3.63) is 0 Å². The monoisotopic (exact) mass is 141 g/mol. The molecule has 1 rings (SSSR count). The molecule has 1 fully saturated rings. The van der Waals surface area contributed by atoms with Gasteiger partial charge in [0.1, 0.15) is 0 Å². The first-order valence-electron chi connectivity index (χ1n) is 4.47. The second-order valence-corrected chi connectivity index (χ2v) is 3.81. The number of hydrogen-bond donors (Lipinski definition) is 1. The Morgan fingerprint density at radius 2 is 2.20 bits per heavy atom. The molecule has 0 aliphatic heterocycles. The van der Waals surface area contributed by atoms with E-state index < -0.39 is 0 Å². The first-order valence-corrected chi connectivity index (χ1v) is 4.47. The van der Waals surface area contributed by atoms with E-state index in [1.807, 2.05) is 0 Å². The third kappa shape index (κ3) is 2.30. The van der Waals surface area contributed by atoms with E-state index in [0.717, 1.165) is 17.9 Å². The highest BCUT2D eigenvalue weighted by atomic mass is 15.0. The van der Waals surface area contributed by atoms with Gasteiger partial charge in [-0.1, -0.05) is 27.2 Å². The molecule has 1 unspecified atom stereocenters. The third-order valence-corrected chi connectivity index (χ3v) is 2.24. The molecule has 0 aromatic carbocycles. The van der Waals surface area contributed by atoms with Crippen molar-refractivity contribution in [3.63, 3.8) is 0 Å². The molecule has 0 aromatic rings. The van der Waals surface area contributed by atoms with Gasteiger partial charge in [0.2, 0.25) is 0 Å². The van der Waals surface area contributed by atoms with Crippen LogP contribution in [0.15, 0.2) is 0 Å². The summed E-state index contributed by atoms with van der Waals surface area (Å²) in [7, 11) is 0. The SMILES string of the molecule is CCC1C[C@@H]1NCC(C)C. The fourth-order valence-corrected chi connectivity index (χ4v) is 1.34. The normalized spacial score (nSPS) is 31.2. The summed E-state index contributed by atoms with van der Waals surface area (Å²) in [6, 6.07) is 0.868. The van der Waals surface area contributed by atoms with Crippen molar-refractivity contribution in [1.82, 2.24) is 5.32 Å². The molecule has 1 N–H and O–H groups in total. The highest BCUT2D eigenvalue weighted by Crippen LogP contribution is 2.32. The highest BCUT2D eigenvalue weighted by molar-refractivity contribution is 4.91. The van der Waals surface area contributed by atoms with Gasteiger partial charge in [-0.3, -0.25) is 0 Å². The van der Waals surface area contributed by atoms with E-state index in [9.17, 15) is 0 Å². The van der Waals surface area contributed by atoms with Gasteiger partial charge in [0.05, 0.1) is 0 Å². The molecule has 0 aromatic heterocycles. The number of nitrogens with one attached hydrogen (secondary N) is 1. The maximum absolute atomic E-state index is 3.56. The summed E-state index contributed by atoms with van der Waals surface area (Å²) in [5.41, 5.74) is 0. The quantitative estimate of drug-likeness (QED) is 0.631. The minimum atomic E-state index is 0.804. The van der Waals surface area contributed by atoms with E-state index in [4.69, 9.17) is 0 Å². The zero-order valence-corrected chi connectivity index (χ0v) is 7.35. The molecular formula is C9H19N. The maximum atomic E-state index is 3.56. The number of rotatable bonds is 4. The van der Waals surface area contributed by atoms with Crippen molar-refractivity contribution in [2.75, 3.05) is 6.54 Å². The molecule has 0 amide bonds. The van der Waals surface area contributed by atoms with Crippen molar-refractivity contribution in [2.24, 2.45) is 11.8 Å². The second-order valence-electron chi connectivity index (χ2n) is 3.81. The average Bonchev–Trinajstić information content (AvgIpc) is 2.61. The van der Waals surface area contributed by atoms with Crippen LogP contribution < -0.4 is 5.32 Å². The summed E-state index contributed by atoms with van der Waals surface area (Å²) in [6.45, 7) is 8.00. The molecule has 1 saturated carbocycles. The zero-order chi connectivity index (χ0) is 7.56. The molecule has 1 aliphatic rings. The molecule has 1 aliphatic carbocycles. The van der Waals surface area contributed by atoms with E-state index in [-0.39, 0.29) is 0 Å². The van der Waals surface area contributed by atoms with Crippen LogP contribution in [0.25, 0.3) is 0 Å². The van der Waals surface area contributed by atoms with Crippen LogP contribution in [-0.4, -0.2) is 12.6 Å². The molecule has 2 atom stereocenters. The van der Waals surface area contributed by atoms with Crippen LogP contribution in [0.5, 0.6) is 0 Å². The second kappa shape index (κ2) is 3.38. The Labute approximate surface area is 64.2 Å². The summed E-state index contributed by atoms with van der Waals surface area (Å²) >= 11 is 0. The molecule has 0 radical (unpaired) electrons. The van der Waals surface area contributed by atoms with Crippen LogP contribution in [0.1, 0.15) is 33.6 Å². The van der Waals surface area contributed by atoms with Gasteiger partial charge in [-0.15, -0.1) is 0 Å². The van der Waals surface area contributed by atoms with Gasteiger partial charge in [0.15, 0.2) is 0 Å². The lowest BCUT2D eigenvalue weighted by molar-refractivity contribution is 0.530. The van der Waals surface area contributed by atoms with Crippen LogP contribution in [-0.2, 0) is 0 Å². The van der Waals surface area contributed by atoms with Crippen molar-refractivity contribution >= 4 is 0 Å². The van der Waals surface area contributed by atoms with Gasteiger partial charge in [-0.05, 0) is 24.8 Å². The summed E-state index contributed by atoms with van der Waals surface area (Å²) < 4.78 is 0. The van der Waals surface area contributed by atoms with Gasteiger partial charge >= 0.3 is 0 Å². The molecule has 0 heterocycles. The highest BCUT2D eigenvalue weighted by Gasteiger charge is 2.34. The summed E-state index contributed by atoms with van der Waals surface area (Å²) in [5.74, 6) is 1.80. The predicted octanol–water partition coefficient (Wildman–Crippen LogP) is 2.03. The molecule has 0 bridgehead atoms. The Kier molecular flexibility index (Phi) is 2.72. The number of hydrogen-bond acceptors (Lipinski definition) is 1. The summed E-state index contributed by atoms with van der Waals surface area (Å²) in [5, 5.41) is 3.56. The van der Waals surface area contributed by atoms with Gasteiger partial charge in [-0.2, -0.15) is 0 Å². The Balaban J connectivity index is 1.96. The smallest absolute Gasteiger partial charge is 0.00991 e. The van der Waals surface area contributed by atoms with Gasteiger partial charge in [0.25, 0.3) is 0 Å². The Morgan fingerprint density at radius 3 is 2.60 bits per heavy atom. The van der Waals surface area contributed by atoms with Crippen molar-refractivity contribution < 1.29 is 0 Å². The van der Waals surface area contributed by atoms with Crippen molar-refractivity contribution in [1.29, 1.82) is 0 Å². The summed E-state index contributed by atoms with van der Waals surface area (Å²) in [6.07, 6.45) is 2.78. The van der Waals surface area contributed by atoms with Gasteiger partial charge < -0.3 is 5.32 Å². The lowest BCUT2D eigenvalue weighted by Crippen LogP contribution is -2.22. The largest absolute Gasteiger partial charge is 0.313 e. The molecular weight excluding hydrogens is 122 g/mol. The molecule has 60 valence electrons. The van der Waals surface area contributed by atoms with Crippen LogP contribution in [0.3, 0.4) is 0 Å². The Morgan fingerprint density at radius 1 is 1.50 bits per heavy atom. The minimum Gasteiger partial charge on any atom is -0.313 e. The van der Waals surface area contributed by atoms with E-state index in [1.165, 1.54) is 19.4 Å². The zero-order valence-electron chi connectivity index (χ0n) is 7.35. The van der Waals surface area contributed by atoms with Gasteiger partial charge in [0, 0.05) is 6.04 Å².